The Balaban J connectivity index is 2.31. The summed E-state index contributed by atoms with van der Waals surface area (Å²) in [6, 6.07) is 9.13. The number of alkyl halides is 2. The van der Waals surface area contributed by atoms with E-state index in [-0.39, 0.29) is 11.4 Å². The number of amides is 1. The molecule has 1 N–H and O–H groups in total. The molecule has 0 aromatic heterocycles. The van der Waals surface area contributed by atoms with Crippen LogP contribution in [0, 0.1) is 3.57 Å². The predicted molar refractivity (Wildman–Crippen MR) is 93.3 cm³/mol. The lowest BCUT2D eigenvalue weighted by molar-refractivity contribution is -0.0493. The number of anilines is 1. The van der Waals surface area contributed by atoms with Gasteiger partial charge in [-0.05, 0) is 46.9 Å². The summed E-state index contributed by atoms with van der Waals surface area (Å²) in [5, 5.41) is 2.56. The number of carbonyl (C=O) groups excluding carboxylic acids is 1. The van der Waals surface area contributed by atoms with E-state index in [4.69, 9.17) is 9.47 Å². The minimum Gasteiger partial charge on any atom is -0.493 e. The van der Waals surface area contributed by atoms with Gasteiger partial charge >= 0.3 is 6.61 Å². The van der Waals surface area contributed by atoms with E-state index >= 15 is 0 Å². The van der Waals surface area contributed by atoms with E-state index in [1.165, 1.54) is 38.5 Å². The van der Waals surface area contributed by atoms with E-state index in [0.717, 1.165) is 0 Å². The minimum atomic E-state index is -2.98. The van der Waals surface area contributed by atoms with Crippen molar-refractivity contribution in [1.29, 1.82) is 0 Å². The van der Waals surface area contributed by atoms with Crippen LogP contribution in [0.4, 0.5) is 14.5 Å². The molecule has 8 heteroatoms. The van der Waals surface area contributed by atoms with Gasteiger partial charge in [-0.2, -0.15) is 8.78 Å². The molecule has 0 aliphatic rings. The van der Waals surface area contributed by atoms with Gasteiger partial charge in [0, 0.05) is 3.57 Å². The molecule has 0 radical (unpaired) electrons. The number of hydrogen-bond donors (Lipinski definition) is 1. The first-order chi connectivity index (χ1) is 11.5. The average Bonchev–Trinajstić information content (AvgIpc) is 2.55. The van der Waals surface area contributed by atoms with Crippen molar-refractivity contribution in [2.24, 2.45) is 0 Å². The number of hydrogen-bond acceptors (Lipinski definition) is 4. The summed E-state index contributed by atoms with van der Waals surface area (Å²) in [6.07, 6.45) is 0. The van der Waals surface area contributed by atoms with Gasteiger partial charge in [0.2, 0.25) is 0 Å². The van der Waals surface area contributed by atoms with Crippen LogP contribution in [-0.4, -0.2) is 26.7 Å². The molecule has 2 aromatic carbocycles. The molecule has 5 nitrogen and oxygen atoms in total. The van der Waals surface area contributed by atoms with Gasteiger partial charge in [-0.25, -0.2) is 0 Å². The van der Waals surface area contributed by atoms with Crippen molar-refractivity contribution in [2.75, 3.05) is 19.5 Å². The minimum absolute atomic E-state index is 0.115. The Labute approximate surface area is 151 Å². The van der Waals surface area contributed by atoms with E-state index in [1.807, 2.05) is 22.6 Å². The molecule has 0 fully saturated rings. The highest BCUT2D eigenvalue weighted by molar-refractivity contribution is 14.1. The van der Waals surface area contributed by atoms with E-state index in [1.54, 1.807) is 12.1 Å². The largest absolute Gasteiger partial charge is 0.493 e. The monoisotopic (exact) mass is 449 g/mol. The van der Waals surface area contributed by atoms with Crippen LogP contribution in [0.1, 0.15) is 10.4 Å². The summed E-state index contributed by atoms with van der Waals surface area (Å²) >= 11 is 1.98. The van der Waals surface area contributed by atoms with Crippen LogP contribution in [0.2, 0.25) is 0 Å². The topological polar surface area (TPSA) is 56.8 Å². The number of benzene rings is 2. The van der Waals surface area contributed by atoms with Crippen molar-refractivity contribution >= 4 is 34.2 Å². The lowest BCUT2D eigenvalue weighted by Crippen LogP contribution is -2.15. The maximum absolute atomic E-state index is 12.5. The van der Waals surface area contributed by atoms with Crippen molar-refractivity contribution in [3.05, 3.63) is 45.5 Å². The highest BCUT2D eigenvalue weighted by Crippen LogP contribution is 2.32. The number of ether oxygens (including phenoxy) is 3. The van der Waals surface area contributed by atoms with Gasteiger partial charge in [-0.15, -0.1) is 0 Å². The summed E-state index contributed by atoms with van der Waals surface area (Å²) in [6.45, 7) is -2.98. The van der Waals surface area contributed by atoms with E-state index in [0.29, 0.717) is 20.6 Å². The Morgan fingerprint density at radius 2 is 1.71 bits per heavy atom. The zero-order valence-electron chi connectivity index (χ0n) is 12.8. The lowest BCUT2D eigenvalue weighted by atomic mass is 10.1. The highest BCUT2D eigenvalue weighted by atomic mass is 127. The fraction of sp³-hybridized carbons (Fsp3) is 0.188. The molecule has 2 aromatic rings. The Hall–Kier alpha value is -2.10. The van der Waals surface area contributed by atoms with Gasteiger partial charge in [0.1, 0.15) is 5.75 Å². The molecule has 0 spiro atoms. The first kappa shape index (κ1) is 18.2. The summed E-state index contributed by atoms with van der Waals surface area (Å²) in [4.78, 5) is 12.5. The van der Waals surface area contributed by atoms with Crippen LogP contribution < -0.4 is 19.5 Å². The van der Waals surface area contributed by atoms with Crippen LogP contribution in [0.25, 0.3) is 0 Å². The van der Waals surface area contributed by atoms with E-state index in [2.05, 4.69) is 10.1 Å². The Morgan fingerprint density at radius 1 is 1.08 bits per heavy atom. The summed E-state index contributed by atoms with van der Waals surface area (Å²) < 4.78 is 40.2. The van der Waals surface area contributed by atoms with Gasteiger partial charge in [0.15, 0.2) is 11.5 Å². The predicted octanol–water partition coefficient (Wildman–Crippen LogP) is 4.16. The average molecular weight is 449 g/mol. The van der Waals surface area contributed by atoms with Crippen molar-refractivity contribution in [3.8, 4) is 17.2 Å². The fourth-order valence-electron chi connectivity index (χ4n) is 1.99. The van der Waals surface area contributed by atoms with Crippen LogP contribution in [0.3, 0.4) is 0 Å². The molecule has 0 atom stereocenters. The van der Waals surface area contributed by atoms with Crippen LogP contribution in [0.15, 0.2) is 36.4 Å². The lowest BCUT2D eigenvalue weighted by Gasteiger charge is -2.14. The molecule has 1 amide bonds. The standard InChI is InChI=1S/C16H14F2INO4/c1-22-13-7-9(10(19)8-14(13)23-2)15(21)20-11-5-3-4-6-12(11)24-16(17)18/h3-8,16H,1-2H3,(H,20,21). The number of halogens is 3. The SMILES string of the molecule is COc1cc(I)c(C(=O)Nc2ccccc2OC(F)F)cc1OC. The summed E-state index contributed by atoms with van der Waals surface area (Å²) in [5.74, 6) is 0.280. The molecule has 0 bridgehead atoms. The van der Waals surface area contributed by atoms with Gasteiger partial charge in [-0.1, -0.05) is 12.1 Å². The van der Waals surface area contributed by atoms with E-state index < -0.39 is 12.5 Å². The molecule has 128 valence electrons. The quantitative estimate of drug-likeness (QED) is 0.674. The maximum Gasteiger partial charge on any atom is 0.387 e. The maximum atomic E-state index is 12.5. The normalized spacial score (nSPS) is 10.4. The molecule has 0 saturated carbocycles. The summed E-state index contributed by atoms with van der Waals surface area (Å²) in [7, 11) is 2.95. The number of carbonyl (C=O) groups is 1. The number of para-hydroxylation sites is 2. The fourth-order valence-corrected chi connectivity index (χ4v) is 2.67. The van der Waals surface area contributed by atoms with Crippen molar-refractivity contribution < 1.29 is 27.8 Å². The zero-order valence-corrected chi connectivity index (χ0v) is 15.0. The van der Waals surface area contributed by atoms with Gasteiger partial charge in [0.05, 0.1) is 25.5 Å². The highest BCUT2D eigenvalue weighted by Gasteiger charge is 2.17. The van der Waals surface area contributed by atoms with Crippen LogP contribution >= 0.6 is 22.6 Å². The summed E-state index contributed by atoms with van der Waals surface area (Å²) in [5.41, 5.74) is 0.466. The molecular formula is C16H14F2INO4. The molecule has 0 aliphatic carbocycles. The van der Waals surface area contributed by atoms with Crippen molar-refractivity contribution in [2.45, 2.75) is 6.61 Å². The second-order valence-corrected chi connectivity index (χ2v) is 5.68. The van der Waals surface area contributed by atoms with Crippen LogP contribution in [0.5, 0.6) is 17.2 Å². The van der Waals surface area contributed by atoms with Crippen molar-refractivity contribution in [1.82, 2.24) is 0 Å². The smallest absolute Gasteiger partial charge is 0.387 e. The molecule has 0 saturated heterocycles. The zero-order chi connectivity index (χ0) is 17.7. The second-order valence-electron chi connectivity index (χ2n) is 4.52. The molecule has 0 aliphatic heterocycles. The van der Waals surface area contributed by atoms with E-state index in [9.17, 15) is 13.6 Å². The number of nitrogens with one attached hydrogen (secondary N) is 1. The molecule has 2 rings (SSSR count). The Morgan fingerprint density at radius 3 is 2.33 bits per heavy atom. The first-order valence-electron chi connectivity index (χ1n) is 6.73. The third-order valence-electron chi connectivity index (χ3n) is 3.07. The van der Waals surface area contributed by atoms with Crippen LogP contribution in [-0.2, 0) is 0 Å². The first-order valence-corrected chi connectivity index (χ1v) is 7.80. The molecule has 0 unspecified atom stereocenters. The molecule has 24 heavy (non-hydrogen) atoms. The molecular weight excluding hydrogens is 435 g/mol. The second kappa shape index (κ2) is 8.13. The number of rotatable bonds is 6. The van der Waals surface area contributed by atoms with Crippen molar-refractivity contribution in [3.63, 3.8) is 0 Å². The Bertz CT molecular complexity index is 740. The number of methoxy groups -OCH3 is 2. The van der Waals surface area contributed by atoms with Gasteiger partial charge < -0.3 is 19.5 Å². The molecule has 0 heterocycles. The Kier molecular flexibility index (Phi) is 6.18. The van der Waals surface area contributed by atoms with Gasteiger partial charge in [-0.3, -0.25) is 4.79 Å². The third-order valence-corrected chi connectivity index (χ3v) is 3.96. The third kappa shape index (κ3) is 4.25. The van der Waals surface area contributed by atoms with Gasteiger partial charge in [0.25, 0.3) is 5.91 Å².